The zero-order valence-electron chi connectivity index (χ0n) is 32.7. The molecule has 4 amide bonds. The van der Waals surface area contributed by atoms with Crippen molar-refractivity contribution in [1.82, 2.24) is 20.3 Å². The summed E-state index contributed by atoms with van der Waals surface area (Å²) in [5, 5.41) is 5.28. The number of alkyl carbamates (subject to hydrolysis) is 1. The van der Waals surface area contributed by atoms with Gasteiger partial charge in [-0.05, 0) is 101 Å². The number of nitrogens with one attached hydrogen (secondary N) is 3. The molecular weight excluding hydrogens is 737 g/mol. The molecule has 2 saturated carbocycles. The van der Waals surface area contributed by atoms with Crippen molar-refractivity contribution in [3.05, 3.63) is 66.3 Å². The third kappa shape index (κ3) is 9.87. The fourth-order valence-electron chi connectivity index (χ4n) is 8.04. The van der Waals surface area contributed by atoms with Crippen molar-refractivity contribution < 1.29 is 32.3 Å². The van der Waals surface area contributed by atoms with E-state index >= 15 is 0 Å². The van der Waals surface area contributed by atoms with E-state index in [1.165, 1.54) is 0 Å². The molecule has 1 aromatic rings. The molecule has 55 heavy (non-hydrogen) atoms. The number of nitrogens with zero attached hydrogens (tertiary/aromatic N) is 1. The summed E-state index contributed by atoms with van der Waals surface area (Å²) in [5.41, 5.74) is 0.0189. The molecule has 2 heterocycles. The van der Waals surface area contributed by atoms with Crippen LogP contribution in [0.15, 0.2) is 60.7 Å². The van der Waals surface area contributed by atoms with Gasteiger partial charge in [-0.2, -0.15) is 11.8 Å². The Morgan fingerprint density at radius 1 is 1.02 bits per heavy atom. The highest BCUT2D eigenvalue weighted by Gasteiger charge is 2.63. The zero-order chi connectivity index (χ0) is 39.4. The lowest BCUT2D eigenvalue weighted by Gasteiger charge is -2.37. The highest BCUT2D eigenvalue weighted by molar-refractivity contribution is 8.00. The minimum atomic E-state index is -3.87. The summed E-state index contributed by atoms with van der Waals surface area (Å²) >= 11 is 1.79. The molecule has 0 bridgehead atoms. The molecule has 1 saturated heterocycles. The van der Waals surface area contributed by atoms with E-state index in [9.17, 15) is 27.6 Å². The molecule has 13 heteroatoms. The normalized spacial score (nSPS) is 30.8. The maximum absolute atomic E-state index is 14.9. The van der Waals surface area contributed by atoms with Crippen LogP contribution in [0.3, 0.4) is 0 Å². The highest BCUT2D eigenvalue weighted by atomic mass is 32.2. The number of hydrogen-bond donors (Lipinski definition) is 3. The summed E-state index contributed by atoms with van der Waals surface area (Å²) < 4.78 is 33.2. The average Bonchev–Trinajstić information content (AvgIpc) is 4.07. The maximum atomic E-state index is 14.9. The van der Waals surface area contributed by atoms with E-state index in [0.29, 0.717) is 38.5 Å². The number of unbranched alkanes of at least 4 members (excludes halogenated alkanes) is 1. The van der Waals surface area contributed by atoms with Crippen molar-refractivity contribution in [2.45, 2.75) is 138 Å². The van der Waals surface area contributed by atoms with Crippen molar-refractivity contribution in [3.8, 4) is 0 Å². The summed E-state index contributed by atoms with van der Waals surface area (Å²) in [6, 6.07) is 8.29. The van der Waals surface area contributed by atoms with Gasteiger partial charge >= 0.3 is 6.09 Å². The lowest BCUT2D eigenvalue weighted by Crippen LogP contribution is -2.58. The predicted molar refractivity (Wildman–Crippen MR) is 216 cm³/mol. The Kier molecular flexibility index (Phi) is 12.6. The van der Waals surface area contributed by atoms with Gasteiger partial charge in [0, 0.05) is 17.2 Å². The van der Waals surface area contributed by atoms with Gasteiger partial charge in [-0.1, -0.05) is 86.9 Å². The summed E-state index contributed by atoms with van der Waals surface area (Å²) in [6.07, 6.45) is 17.5. The second-order valence-electron chi connectivity index (χ2n) is 16.9. The Bertz CT molecular complexity index is 1800. The minimum Gasteiger partial charge on any atom is -0.444 e. The summed E-state index contributed by atoms with van der Waals surface area (Å²) in [6.45, 7) is 7.71. The van der Waals surface area contributed by atoms with E-state index in [-0.39, 0.29) is 30.7 Å². The van der Waals surface area contributed by atoms with Crippen LogP contribution in [0, 0.1) is 11.8 Å². The van der Waals surface area contributed by atoms with Crippen molar-refractivity contribution in [3.63, 3.8) is 0 Å². The number of ether oxygens (including phenoxy) is 1. The average molecular weight is 795 g/mol. The molecule has 300 valence electrons. The van der Waals surface area contributed by atoms with Crippen LogP contribution in [0.25, 0.3) is 5.57 Å². The molecule has 0 radical (unpaired) electrons. The zero-order valence-corrected chi connectivity index (χ0v) is 34.3. The molecule has 2 aliphatic heterocycles. The molecule has 1 aromatic carbocycles. The summed E-state index contributed by atoms with van der Waals surface area (Å²) in [4.78, 5) is 58.4. The van der Waals surface area contributed by atoms with Crippen molar-refractivity contribution in [1.29, 1.82) is 0 Å². The Morgan fingerprint density at radius 2 is 1.78 bits per heavy atom. The molecule has 0 aromatic heterocycles. The number of carbonyl (C=O) groups excluding carboxylic acids is 4. The number of rotatable bonds is 10. The van der Waals surface area contributed by atoms with E-state index < -0.39 is 61.2 Å². The van der Waals surface area contributed by atoms with Gasteiger partial charge in [-0.25, -0.2) is 13.2 Å². The van der Waals surface area contributed by atoms with Crippen molar-refractivity contribution in [2.24, 2.45) is 11.8 Å². The highest BCUT2D eigenvalue weighted by Crippen LogP contribution is 2.50. The largest absolute Gasteiger partial charge is 0.444 e. The van der Waals surface area contributed by atoms with Gasteiger partial charge < -0.3 is 20.3 Å². The SMILES string of the molecule is CCCCS[C@@]1(C2C=CC(c3ccccc3)=CC2)C[C@H]2C(=O)N[C@]3(C(=O)NS(=O)(=O)C4CC4)C[C@@H]3/C=C\CCCCC[C@H](NC(=O)OC(C)(C)C)C(=O)N2C1. The Balaban J connectivity index is 1.35. The van der Waals surface area contributed by atoms with E-state index in [0.717, 1.165) is 49.0 Å². The number of hydrogen-bond acceptors (Lipinski definition) is 8. The number of amides is 4. The lowest BCUT2D eigenvalue weighted by atomic mass is 9.82. The summed E-state index contributed by atoms with van der Waals surface area (Å²) in [5.74, 6) is -1.13. The van der Waals surface area contributed by atoms with Crippen LogP contribution in [0.1, 0.15) is 110 Å². The number of carbonyl (C=O) groups is 4. The van der Waals surface area contributed by atoms with Gasteiger partial charge in [-0.15, -0.1) is 0 Å². The third-order valence-electron chi connectivity index (χ3n) is 11.4. The molecule has 6 rings (SSSR count). The topological polar surface area (TPSA) is 151 Å². The van der Waals surface area contributed by atoms with E-state index in [2.05, 4.69) is 52.6 Å². The number of sulfonamides is 1. The molecule has 3 N–H and O–H groups in total. The van der Waals surface area contributed by atoms with Gasteiger partial charge in [0.1, 0.15) is 23.2 Å². The minimum absolute atomic E-state index is 0.00432. The van der Waals surface area contributed by atoms with Gasteiger partial charge in [0.05, 0.1) is 5.25 Å². The standard InChI is InChI=1S/C42H58N4O7S2/c1-5-6-25-54-41(31-21-19-30(20-22-31)29-15-11-10-12-16-29)27-35-36(47)44-42(38(49)45-55(51,52)33-23-24-33)26-32(42)17-13-8-7-9-14-18-34(37(48)46(35)28-41)43-39(50)53-40(2,3)4/h10-13,15-17,19-21,31-35H,5-9,14,18,22-28H2,1-4H3,(H,43,50)(H,44,47)(H,45,49)/b17-13-/t31?,32-,34-,35-,41-,42+/m0/s1. The number of thioether (sulfide) groups is 1. The Labute approximate surface area is 331 Å². The molecule has 3 fully saturated rings. The molecule has 0 spiro atoms. The molecule has 3 aliphatic carbocycles. The molecule has 5 aliphatic rings. The molecule has 1 unspecified atom stereocenters. The Hall–Kier alpha value is -3.58. The second kappa shape index (κ2) is 16.9. The second-order valence-corrected chi connectivity index (χ2v) is 20.4. The van der Waals surface area contributed by atoms with Crippen LogP contribution < -0.4 is 15.4 Å². The van der Waals surface area contributed by atoms with Crippen LogP contribution in [0.4, 0.5) is 4.79 Å². The third-order valence-corrected chi connectivity index (χ3v) is 14.9. The van der Waals surface area contributed by atoms with E-state index in [1.807, 2.05) is 30.4 Å². The van der Waals surface area contributed by atoms with Crippen LogP contribution in [0.2, 0.25) is 0 Å². The first-order valence-electron chi connectivity index (χ1n) is 20.1. The fraction of sp³-hybridized carbons (Fsp3) is 0.619. The van der Waals surface area contributed by atoms with Gasteiger partial charge in [0.2, 0.25) is 21.8 Å². The monoisotopic (exact) mass is 794 g/mol. The maximum Gasteiger partial charge on any atom is 0.408 e. The first-order valence-corrected chi connectivity index (χ1v) is 22.6. The molecule has 11 nitrogen and oxygen atoms in total. The van der Waals surface area contributed by atoms with Crippen molar-refractivity contribution in [2.75, 3.05) is 12.3 Å². The fourth-order valence-corrected chi connectivity index (χ4v) is 11.1. The summed E-state index contributed by atoms with van der Waals surface area (Å²) in [7, 11) is -3.87. The van der Waals surface area contributed by atoms with Crippen LogP contribution in [-0.2, 0) is 29.1 Å². The predicted octanol–water partition coefficient (Wildman–Crippen LogP) is 6.42. The smallest absolute Gasteiger partial charge is 0.408 e. The van der Waals surface area contributed by atoms with Crippen LogP contribution in [0.5, 0.6) is 0 Å². The Morgan fingerprint density at radius 3 is 2.45 bits per heavy atom. The quantitative estimate of drug-likeness (QED) is 0.182. The number of benzene rings is 1. The molecule has 6 atom stereocenters. The first-order chi connectivity index (χ1) is 26.2. The van der Waals surface area contributed by atoms with E-state index in [4.69, 9.17) is 4.74 Å². The number of allylic oxidation sites excluding steroid dienone is 5. The van der Waals surface area contributed by atoms with Crippen molar-refractivity contribution >= 4 is 51.2 Å². The van der Waals surface area contributed by atoms with Gasteiger partial charge in [0.15, 0.2) is 0 Å². The first kappa shape index (κ1) is 41.1. The van der Waals surface area contributed by atoms with Gasteiger partial charge in [0.25, 0.3) is 5.91 Å². The van der Waals surface area contributed by atoms with E-state index in [1.54, 1.807) is 37.4 Å². The van der Waals surface area contributed by atoms with Crippen LogP contribution >= 0.6 is 11.8 Å². The van der Waals surface area contributed by atoms with Gasteiger partial charge in [-0.3, -0.25) is 19.1 Å². The number of fused-ring (bicyclic) bond motifs is 2. The molecular formula is C42H58N4O7S2. The van der Waals surface area contributed by atoms with Crippen LogP contribution in [-0.4, -0.2) is 82.7 Å². The lowest BCUT2D eigenvalue weighted by molar-refractivity contribution is -0.141.